The Morgan fingerprint density at radius 1 is 1.05 bits per heavy atom. The normalized spacial score (nSPS) is 36.8. The average molecular weight is 290 g/mol. The third-order valence-corrected chi connectivity index (χ3v) is 5.63. The van der Waals surface area contributed by atoms with Crippen molar-refractivity contribution < 1.29 is 9.48 Å². The summed E-state index contributed by atoms with van der Waals surface area (Å²) in [6.45, 7) is 15.1. The fraction of sp³-hybridized carbons (Fsp3) is 0.842. The first-order chi connectivity index (χ1) is 9.93. The zero-order chi connectivity index (χ0) is 15.0. The summed E-state index contributed by atoms with van der Waals surface area (Å²) in [5.74, 6) is 1.76. The highest BCUT2D eigenvalue weighted by Crippen LogP contribution is 2.33. The largest absolute Gasteiger partial charge is 0.305 e. The van der Waals surface area contributed by atoms with E-state index >= 15 is 0 Å². The van der Waals surface area contributed by atoms with E-state index in [1.54, 1.807) is 16.3 Å². The van der Waals surface area contributed by atoms with E-state index in [0.29, 0.717) is 5.41 Å². The van der Waals surface area contributed by atoms with Gasteiger partial charge in [0.1, 0.15) is 18.8 Å². The van der Waals surface area contributed by atoms with Gasteiger partial charge in [0.25, 0.3) is 0 Å². The molecule has 0 unspecified atom stereocenters. The van der Waals surface area contributed by atoms with Gasteiger partial charge in [0.05, 0.1) is 19.2 Å². The lowest BCUT2D eigenvalue weighted by Gasteiger charge is -2.37. The molecular weight excluding hydrogens is 256 g/mol. The van der Waals surface area contributed by atoms with Crippen molar-refractivity contribution in [3.05, 3.63) is 11.8 Å². The smallest absolute Gasteiger partial charge is 0.182 e. The highest BCUT2D eigenvalue weighted by molar-refractivity contribution is 5.92. The number of nitrogens with one attached hydrogen (secondary N) is 1. The molecule has 118 valence electrons. The van der Waals surface area contributed by atoms with Gasteiger partial charge in [-0.25, -0.2) is 4.58 Å². The molecule has 3 aliphatic rings. The third-order valence-electron chi connectivity index (χ3n) is 5.63. The lowest BCUT2D eigenvalue weighted by atomic mass is 9.77. The van der Waals surface area contributed by atoms with Crippen LogP contribution in [0.15, 0.2) is 11.8 Å². The van der Waals surface area contributed by atoms with Crippen LogP contribution in [0.4, 0.5) is 0 Å². The van der Waals surface area contributed by atoms with Gasteiger partial charge in [-0.15, -0.1) is 0 Å². The van der Waals surface area contributed by atoms with Crippen LogP contribution in [-0.2, 0) is 0 Å². The maximum absolute atomic E-state index is 2.66. The summed E-state index contributed by atoms with van der Waals surface area (Å²) in [6, 6.07) is 0. The zero-order valence-electron chi connectivity index (χ0n) is 14.5. The number of likely N-dealkylation sites (tertiary alicyclic amines) is 1. The van der Waals surface area contributed by atoms with Crippen LogP contribution in [0.5, 0.6) is 0 Å². The first-order valence-corrected chi connectivity index (χ1v) is 9.09. The summed E-state index contributed by atoms with van der Waals surface area (Å²) >= 11 is 0. The van der Waals surface area contributed by atoms with Crippen LogP contribution in [0.1, 0.15) is 59.8 Å². The number of hydrogen-bond acceptors (Lipinski definition) is 0. The summed E-state index contributed by atoms with van der Waals surface area (Å²) < 4.78 is 2.66. The minimum atomic E-state index is 0.443. The van der Waals surface area contributed by atoms with Crippen LogP contribution in [-0.4, -0.2) is 36.5 Å². The maximum Gasteiger partial charge on any atom is 0.182 e. The zero-order valence-corrected chi connectivity index (χ0v) is 14.5. The summed E-state index contributed by atoms with van der Waals surface area (Å²) in [6.07, 6.45) is 9.35. The van der Waals surface area contributed by atoms with Gasteiger partial charge in [-0.3, -0.25) is 0 Å². The van der Waals surface area contributed by atoms with Gasteiger partial charge in [-0.2, -0.15) is 0 Å². The van der Waals surface area contributed by atoms with Crippen molar-refractivity contribution in [2.24, 2.45) is 17.3 Å². The van der Waals surface area contributed by atoms with E-state index in [2.05, 4.69) is 38.3 Å². The van der Waals surface area contributed by atoms with Crippen molar-refractivity contribution in [2.45, 2.75) is 59.8 Å². The van der Waals surface area contributed by atoms with Crippen LogP contribution in [0.25, 0.3) is 0 Å². The van der Waals surface area contributed by atoms with Gasteiger partial charge >= 0.3 is 0 Å². The van der Waals surface area contributed by atoms with Crippen LogP contribution in [0.3, 0.4) is 0 Å². The number of piperidine rings is 1. The first kappa shape index (κ1) is 15.3. The van der Waals surface area contributed by atoms with E-state index in [9.17, 15) is 0 Å². The quantitative estimate of drug-likeness (QED) is 0.710. The molecule has 0 amide bonds. The number of rotatable bonds is 1. The highest BCUT2D eigenvalue weighted by atomic mass is 15.2. The predicted octanol–water partition coefficient (Wildman–Crippen LogP) is 2.50. The third kappa shape index (κ3) is 3.59. The molecule has 0 saturated carbocycles. The monoisotopic (exact) mass is 290 g/mol. The second kappa shape index (κ2) is 5.87. The van der Waals surface area contributed by atoms with Gasteiger partial charge in [0.15, 0.2) is 5.71 Å². The van der Waals surface area contributed by atoms with Crippen LogP contribution < -0.4 is 4.90 Å². The summed E-state index contributed by atoms with van der Waals surface area (Å²) in [4.78, 5) is 1.78. The second-order valence-electron chi connectivity index (χ2n) is 8.83. The number of allylic oxidation sites excluding steroid dienone is 2. The minimum Gasteiger partial charge on any atom is -0.305 e. The topological polar surface area (TPSA) is 7.45 Å². The Balaban J connectivity index is 1.87. The molecular formula is C19H34N2+2. The Labute approximate surface area is 130 Å². The molecule has 0 spiro atoms. The molecule has 2 aliphatic heterocycles. The molecule has 0 aromatic rings. The SMILES string of the molecule is C[C@@H]1C[C@@H](C)C[NH+](C2=CC(=[N+]3CCCC3)CC(C)(C)C2)C1. The molecule has 2 atom stereocenters. The van der Waals surface area contributed by atoms with Crippen LogP contribution in [0.2, 0.25) is 0 Å². The number of hydrogen-bond donors (Lipinski definition) is 1. The summed E-state index contributed by atoms with van der Waals surface area (Å²) in [5, 5.41) is 0. The maximum atomic E-state index is 2.66. The molecule has 2 fully saturated rings. The van der Waals surface area contributed by atoms with Crippen molar-refractivity contribution in [1.82, 2.24) is 0 Å². The number of quaternary nitrogens is 1. The van der Waals surface area contributed by atoms with Gasteiger partial charge in [-0.05, 0) is 11.8 Å². The summed E-state index contributed by atoms with van der Waals surface area (Å²) in [5.41, 5.74) is 3.78. The highest BCUT2D eigenvalue weighted by Gasteiger charge is 2.38. The van der Waals surface area contributed by atoms with Gasteiger partial charge in [-0.1, -0.05) is 27.7 Å². The predicted molar refractivity (Wildman–Crippen MR) is 89.0 cm³/mol. The van der Waals surface area contributed by atoms with Crippen LogP contribution in [0, 0.1) is 17.3 Å². The van der Waals surface area contributed by atoms with Gasteiger partial charge in [0.2, 0.25) is 0 Å². The molecule has 0 aromatic carbocycles. The Morgan fingerprint density at radius 3 is 2.29 bits per heavy atom. The Kier molecular flexibility index (Phi) is 4.27. The van der Waals surface area contributed by atoms with Crippen molar-refractivity contribution in [2.75, 3.05) is 26.2 Å². The standard InChI is InChI=1S/C19H33N2/c1-15-9-16(2)14-21(13-15)18-10-17(11-19(3,4)12-18)20-7-5-6-8-20/h10,15-16H,5-9,11-14H2,1-4H3/q+1/p+1/t15-,16-/m1/s1. The minimum absolute atomic E-state index is 0.443. The molecule has 0 radical (unpaired) electrons. The molecule has 21 heavy (non-hydrogen) atoms. The summed E-state index contributed by atoms with van der Waals surface area (Å²) in [7, 11) is 0. The lowest BCUT2D eigenvalue weighted by Crippen LogP contribution is -3.12. The van der Waals surface area contributed by atoms with Crippen molar-refractivity contribution in [3.8, 4) is 0 Å². The molecule has 0 aromatic heterocycles. The Morgan fingerprint density at radius 2 is 1.67 bits per heavy atom. The van der Waals surface area contributed by atoms with Gasteiger partial charge < -0.3 is 4.90 Å². The fourth-order valence-corrected chi connectivity index (χ4v) is 4.85. The first-order valence-electron chi connectivity index (χ1n) is 9.09. The molecule has 2 nitrogen and oxygen atoms in total. The molecule has 3 rings (SSSR count). The van der Waals surface area contributed by atoms with E-state index < -0.39 is 0 Å². The fourth-order valence-electron chi connectivity index (χ4n) is 4.85. The van der Waals surface area contributed by atoms with Crippen molar-refractivity contribution in [3.63, 3.8) is 0 Å². The molecule has 0 bridgehead atoms. The van der Waals surface area contributed by atoms with Gasteiger partial charge in [0, 0.05) is 37.5 Å². The molecule has 2 heterocycles. The Hall–Kier alpha value is -0.630. The lowest BCUT2D eigenvalue weighted by molar-refractivity contribution is -0.876. The van der Waals surface area contributed by atoms with E-state index in [4.69, 9.17) is 0 Å². The average Bonchev–Trinajstić information content (AvgIpc) is 2.89. The second-order valence-corrected chi connectivity index (χ2v) is 8.83. The van der Waals surface area contributed by atoms with E-state index in [0.717, 1.165) is 11.8 Å². The Bertz CT molecular complexity index is 440. The van der Waals surface area contributed by atoms with Crippen molar-refractivity contribution >= 4 is 5.71 Å². The molecule has 2 saturated heterocycles. The molecule has 2 heteroatoms. The molecule has 1 aliphatic carbocycles. The van der Waals surface area contributed by atoms with Crippen molar-refractivity contribution in [1.29, 1.82) is 0 Å². The molecule has 1 N–H and O–H groups in total. The van der Waals surface area contributed by atoms with E-state index in [1.165, 1.54) is 58.3 Å². The van der Waals surface area contributed by atoms with Crippen LogP contribution >= 0.6 is 0 Å². The number of nitrogens with zero attached hydrogens (tertiary/aromatic N) is 1. The van der Waals surface area contributed by atoms with E-state index in [1.807, 2.05) is 0 Å². The van der Waals surface area contributed by atoms with E-state index in [-0.39, 0.29) is 0 Å².